The maximum absolute atomic E-state index is 13.2. The van der Waals surface area contributed by atoms with Crippen LogP contribution in [0.2, 0.25) is 0 Å². The Morgan fingerprint density at radius 2 is 1.79 bits per heavy atom. The highest BCUT2D eigenvalue weighted by atomic mass is 16.5. The van der Waals surface area contributed by atoms with E-state index in [-0.39, 0.29) is 11.9 Å². The van der Waals surface area contributed by atoms with Gasteiger partial charge in [-0.3, -0.25) is 4.79 Å². The summed E-state index contributed by atoms with van der Waals surface area (Å²) in [6.45, 7) is 3.99. The van der Waals surface area contributed by atoms with Crippen LogP contribution in [0.1, 0.15) is 42.3 Å². The molecule has 0 unspecified atom stereocenters. The summed E-state index contributed by atoms with van der Waals surface area (Å²) in [5.41, 5.74) is 2.78. The van der Waals surface area contributed by atoms with Gasteiger partial charge in [0.2, 0.25) is 5.91 Å². The molecule has 1 fully saturated rings. The van der Waals surface area contributed by atoms with Crippen molar-refractivity contribution in [3.05, 3.63) is 71.5 Å². The van der Waals surface area contributed by atoms with Crippen LogP contribution in [0.25, 0.3) is 0 Å². The van der Waals surface area contributed by atoms with Crippen molar-refractivity contribution in [2.45, 2.75) is 38.6 Å². The molecule has 1 amide bonds. The zero-order valence-electron chi connectivity index (χ0n) is 18.8. The molecule has 7 heteroatoms. The first-order chi connectivity index (χ1) is 16.2. The molecule has 3 aromatic rings. The molecule has 1 aromatic carbocycles. The fourth-order valence-electron chi connectivity index (χ4n) is 4.42. The average Bonchev–Trinajstić information content (AvgIpc) is 3.19. The SMILES string of the molecule is Cc1cccc(Nc2cccc([C@H]3CCCN3C(=O)Cc3ccc4c(c3)OCCCO4)n2)n1. The topological polar surface area (TPSA) is 76.6 Å². The smallest absolute Gasteiger partial charge is 0.227 e. The van der Waals surface area contributed by atoms with Crippen LogP contribution >= 0.6 is 0 Å². The number of nitrogens with zero attached hydrogens (tertiary/aromatic N) is 3. The molecular formula is C26H28N4O3. The quantitative estimate of drug-likeness (QED) is 0.620. The Morgan fingerprint density at radius 3 is 2.64 bits per heavy atom. The molecule has 1 N–H and O–H groups in total. The Hall–Kier alpha value is -3.61. The highest BCUT2D eigenvalue weighted by molar-refractivity contribution is 5.79. The molecule has 0 aliphatic carbocycles. The Labute approximate surface area is 193 Å². The standard InChI is InChI=1S/C26H28N4O3/c1-18-6-2-9-24(27-18)29-25-10-3-7-20(28-25)21-8-4-13-30(21)26(31)17-19-11-12-22-23(16-19)33-15-5-14-32-22/h2-3,6-7,9-12,16,21H,4-5,8,13-15,17H2,1H3,(H,27,28,29)/t21-/m1/s1. The van der Waals surface area contributed by atoms with Crippen LogP contribution in [0.4, 0.5) is 11.6 Å². The van der Waals surface area contributed by atoms with Gasteiger partial charge in [-0.25, -0.2) is 9.97 Å². The number of hydrogen-bond donors (Lipinski definition) is 1. The van der Waals surface area contributed by atoms with E-state index in [1.165, 1.54) is 0 Å². The summed E-state index contributed by atoms with van der Waals surface area (Å²) in [4.78, 5) is 24.5. The molecule has 1 atom stereocenters. The number of pyridine rings is 2. The van der Waals surface area contributed by atoms with Crippen molar-refractivity contribution in [3.8, 4) is 11.5 Å². The molecule has 2 aliphatic heterocycles. The van der Waals surface area contributed by atoms with Crippen LogP contribution in [-0.4, -0.2) is 40.5 Å². The molecule has 1 saturated heterocycles. The van der Waals surface area contributed by atoms with Crippen molar-refractivity contribution >= 4 is 17.5 Å². The summed E-state index contributed by atoms with van der Waals surface area (Å²) in [5, 5.41) is 3.28. The van der Waals surface area contributed by atoms with Gasteiger partial charge in [0.25, 0.3) is 0 Å². The number of ether oxygens (including phenoxy) is 2. The van der Waals surface area contributed by atoms with Crippen LogP contribution in [0, 0.1) is 6.92 Å². The van der Waals surface area contributed by atoms with Gasteiger partial charge in [-0.05, 0) is 61.7 Å². The predicted molar refractivity (Wildman–Crippen MR) is 126 cm³/mol. The minimum atomic E-state index is -0.0230. The lowest BCUT2D eigenvalue weighted by Crippen LogP contribution is -2.32. The molecule has 170 valence electrons. The number of aryl methyl sites for hydroxylation is 1. The molecule has 5 rings (SSSR count). The Morgan fingerprint density at radius 1 is 1.00 bits per heavy atom. The lowest BCUT2D eigenvalue weighted by atomic mass is 10.1. The van der Waals surface area contributed by atoms with Crippen molar-refractivity contribution in [1.82, 2.24) is 14.9 Å². The number of anilines is 2. The van der Waals surface area contributed by atoms with E-state index in [0.29, 0.717) is 19.6 Å². The van der Waals surface area contributed by atoms with E-state index in [1.807, 2.05) is 66.4 Å². The maximum atomic E-state index is 13.2. The van der Waals surface area contributed by atoms with Crippen LogP contribution in [0.15, 0.2) is 54.6 Å². The van der Waals surface area contributed by atoms with Gasteiger partial charge in [-0.15, -0.1) is 0 Å². The molecule has 33 heavy (non-hydrogen) atoms. The molecule has 0 spiro atoms. The van der Waals surface area contributed by atoms with E-state index in [1.54, 1.807) is 0 Å². The fraction of sp³-hybridized carbons (Fsp3) is 0.346. The van der Waals surface area contributed by atoms with Crippen molar-refractivity contribution in [3.63, 3.8) is 0 Å². The number of nitrogens with one attached hydrogen (secondary N) is 1. The third-order valence-electron chi connectivity index (χ3n) is 6.00. The van der Waals surface area contributed by atoms with Gasteiger partial charge in [0.15, 0.2) is 11.5 Å². The van der Waals surface area contributed by atoms with Crippen molar-refractivity contribution < 1.29 is 14.3 Å². The largest absolute Gasteiger partial charge is 0.490 e. The number of fused-ring (bicyclic) bond motifs is 1. The number of carbonyl (C=O) groups excluding carboxylic acids is 1. The van der Waals surface area contributed by atoms with Gasteiger partial charge in [0.1, 0.15) is 11.6 Å². The summed E-state index contributed by atoms with van der Waals surface area (Å²) in [6.07, 6.45) is 3.07. The number of aromatic nitrogens is 2. The minimum absolute atomic E-state index is 0.0230. The Kier molecular flexibility index (Phi) is 6.11. The monoisotopic (exact) mass is 444 g/mol. The van der Waals surface area contributed by atoms with Gasteiger partial charge >= 0.3 is 0 Å². The van der Waals surface area contributed by atoms with Crippen LogP contribution < -0.4 is 14.8 Å². The number of carbonyl (C=O) groups is 1. The second kappa shape index (κ2) is 9.48. The average molecular weight is 445 g/mol. The lowest BCUT2D eigenvalue weighted by Gasteiger charge is -2.25. The summed E-state index contributed by atoms with van der Waals surface area (Å²) in [5.74, 6) is 3.06. The Balaban J connectivity index is 1.30. The number of amides is 1. The lowest BCUT2D eigenvalue weighted by molar-refractivity contribution is -0.131. The fourth-order valence-corrected chi connectivity index (χ4v) is 4.42. The molecule has 7 nitrogen and oxygen atoms in total. The van der Waals surface area contributed by atoms with E-state index in [9.17, 15) is 4.79 Å². The first-order valence-electron chi connectivity index (χ1n) is 11.5. The second-order valence-corrected chi connectivity index (χ2v) is 8.49. The maximum Gasteiger partial charge on any atom is 0.227 e. The van der Waals surface area contributed by atoms with E-state index in [2.05, 4.69) is 10.3 Å². The summed E-state index contributed by atoms with van der Waals surface area (Å²) in [6, 6.07) is 17.5. The molecule has 4 heterocycles. The third-order valence-corrected chi connectivity index (χ3v) is 6.00. The van der Waals surface area contributed by atoms with E-state index in [4.69, 9.17) is 14.5 Å². The van der Waals surface area contributed by atoms with Gasteiger partial charge in [0, 0.05) is 18.7 Å². The number of rotatable bonds is 5. The second-order valence-electron chi connectivity index (χ2n) is 8.49. The zero-order valence-corrected chi connectivity index (χ0v) is 18.8. The number of hydrogen-bond acceptors (Lipinski definition) is 6. The van der Waals surface area contributed by atoms with Gasteiger partial charge in [-0.2, -0.15) is 0 Å². The molecule has 2 aliphatic rings. The van der Waals surface area contributed by atoms with Crippen molar-refractivity contribution in [2.24, 2.45) is 0 Å². The van der Waals surface area contributed by atoms with Gasteiger partial charge < -0.3 is 19.7 Å². The number of likely N-dealkylation sites (tertiary alicyclic amines) is 1. The van der Waals surface area contributed by atoms with E-state index >= 15 is 0 Å². The molecular weight excluding hydrogens is 416 g/mol. The molecule has 0 saturated carbocycles. The normalized spacial score (nSPS) is 17.5. The van der Waals surface area contributed by atoms with Gasteiger partial charge in [0.05, 0.1) is 31.4 Å². The van der Waals surface area contributed by atoms with Crippen LogP contribution in [0.5, 0.6) is 11.5 Å². The highest BCUT2D eigenvalue weighted by Gasteiger charge is 2.31. The van der Waals surface area contributed by atoms with E-state index < -0.39 is 0 Å². The third kappa shape index (κ3) is 4.92. The van der Waals surface area contributed by atoms with Crippen LogP contribution in [-0.2, 0) is 11.2 Å². The summed E-state index contributed by atoms with van der Waals surface area (Å²) < 4.78 is 11.5. The molecule has 2 aromatic heterocycles. The zero-order chi connectivity index (χ0) is 22.6. The first-order valence-corrected chi connectivity index (χ1v) is 11.5. The molecule has 0 radical (unpaired) electrons. The summed E-state index contributed by atoms with van der Waals surface area (Å²) in [7, 11) is 0. The van der Waals surface area contributed by atoms with Crippen LogP contribution in [0.3, 0.4) is 0 Å². The predicted octanol–water partition coefficient (Wildman–Crippen LogP) is 4.60. The van der Waals surface area contributed by atoms with Crippen molar-refractivity contribution in [1.29, 1.82) is 0 Å². The minimum Gasteiger partial charge on any atom is -0.490 e. The van der Waals surface area contributed by atoms with Gasteiger partial charge in [-0.1, -0.05) is 18.2 Å². The number of benzene rings is 1. The van der Waals surface area contributed by atoms with E-state index in [0.717, 1.165) is 65.9 Å². The Bertz CT molecular complexity index is 1150. The highest BCUT2D eigenvalue weighted by Crippen LogP contribution is 2.34. The summed E-state index contributed by atoms with van der Waals surface area (Å²) >= 11 is 0. The van der Waals surface area contributed by atoms with Crippen molar-refractivity contribution in [2.75, 3.05) is 25.1 Å². The molecule has 0 bridgehead atoms. The first kappa shape index (κ1) is 21.2.